The number of thiophene rings is 1. The summed E-state index contributed by atoms with van der Waals surface area (Å²) >= 11 is 2.85. The van der Waals surface area contributed by atoms with Gasteiger partial charge in [0.15, 0.2) is 0 Å². The molecule has 3 amide bonds. The van der Waals surface area contributed by atoms with E-state index in [0.29, 0.717) is 22.6 Å². The zero-order valence-corrected chi connectivity index (χ0v) is 15.3. The van der Waals surface area contributed by atoms with Crippen molar-refractivity contribution in [2.45, 2.75) is 12.5 Å². The predicted octanol–water partition coefficient (Wildman–Crippen LogP) is 2.06. The number of carbonyl (C=O) groups excluding carboxylic acids is 3. The highest BCUT2D eigenvalue weighted by atomic mass is 32.2. The van der Waals surface area contributed by atoms with Crippen molar-refractivity contribution in [1.29, 1.82) is 0 Å². The van der Waals surface area contributed by atoms with E-state index in [1.54, 1.807) is 53.5 Å². The van der Waals surface area contributed by atoms with Crippen LogP contribution >= 0.6 is 23.1 Å². The molecule has 1 heterocycles. The largest absolute Gasteiger partial charge is 0.340 e. The highest BCUT2D eigenvalue weighted by Crippen LogP contribution is 2.07. The van der Waals surface area contributed by atoms with Crippen LogP contribution < -0.4 is 16.2 Å². The van der Waals surface area contributed by atoms with Crippen LogP contribution in [0.25, 0.3) is 0 Å². The smallest absolute Gasteiger partial charge is 0.279 e. The van der Waals surface area contributed by atoms with Crippen LogP contribution in [0.15, 0.2) is 47.8 Å². The molecule has 0 aliphatic heterocycles. The summed E-state index contributed by atoms with van der Waals surface area (Å²) in [5, 5.41) is 4.49. The number of carbonyl (C=O) groups is 3. The number of amides is 3. The quantitative estimate of drug-likeness (QED) is 0.645. The summed E-state index contributed by atoms with van der Waals surface area (Å²) in [6.07, 6.45) is 2.38. The minimum atomic E-state index is -0.733. The van der Waals surface area contributed by atoms with E-state index in [0.717, 1.165) is 0 Å². The maximum Gasteiger partial charge on any atom is 0.279 e. The molecule has 0 spiro atoms. The molecule has 3 N–H and O–H groups in total. The number of hydrazine groups is 1. The summed E-state index contributed by atoms with van der Waals surface area (Å²) in [6, 6.07) is 11.4. The van der Waals surface area contributed by atoms with Gasteiger partial charge >= 0.3 is 0 Å². The summed E-state index contributed by atoms with van der Waals surface area (Å²) in [7, 11) is 0. The second-order valence-electron chi connectivity index (χ2n) is 5.09. The normalized spacial score (nSPS) is 11.4. The summed E-state index contributed by atoms with van der Waals surface area (Å²) in [6.45, 7) is 0. The van der Waals surface area contributed by atoms with Crippen molar-refractivity contribution in [2.75, 3.05) is 12.0 Å². The molecule has 1 aromatic heterocycles. The fraction of sp³-hybridized carbons (Fsp3) is 0.235. The molecule has 132 valence electrons. The van der Waals surface area contributed by atoms with Gasteiger partial charge in [0.05, 0.1) is 4.88 Å². The molecule has 0 aliphatic rings. The van der Waals surface area contributed by atoms with E-state index in [1.165, 1.54) is 11.3 Å². The van der Waals surface area contributed by atoms with E-state index in [9.17, 15) is 14.4 Å². The van der Waals surface area contributed by atoms with E-state index in [1.807, 2.05) is 12.3 Å². The molecular formula is C17H19N3O3S2. The molecule has 0 saturated carbocycles. The average Bonchev–Trinajstić information content (AvgIpc) is 3.18. The summed E-state index contributed by atoms with van der Waals surface area (Å²) in [5.74, 6) is -0.470. The number of rotatable bonds is 7. The van der Waals surface area contributed by atoms with Gasteiger partial charge in [-0.25, -0.2) is 0 Å². The fourth-order valence-corrected chi connectivity index (χ4v) is 3.10. The lowest BCUT2D eigenvalue weighted by atomic mass is 10.1. The summed E-state index contributed by atoms with van der Waals surface area (Å²) < 4.78 is 0. The first kappa shape index (κ1) is 19.0. The van der Waals surface area contributed by atoms with Gasteiger partial charge in [-0.15, -0.1) is 11.3 Å². The Morgan fingerprint density at radius 2 is 1.80 bits per heavy atom. The van der Waals surface area contributed by atoms with Crippen LogP contribution in [0.4, 0.5) is 0 Å². The van der Waals surface area contributed by atoms with Gasteiger partial charge in [0.2, 0.25) is 0 Å². The van der Waals surface area contributed by atoms with Crippen LogP contribution in [0.2, 0.25) is 0 Å². The number of hydrogen-bond acceptors (Lipinski definition) is 5. The molecule has 0 bridgehead atoms. The van der Waals surface area contributed by atoms with Gasteiger partial charge in [-0.2, -0.15) is 11.8 Å². The Kier molecular flexibility index (Phi) is 7.49. The number of thioether (sulfide) groups is 1. The van der Waals surface area contributed by atoms with Gasteiger partial charge in [-0.3, -0.25) is 25.2 Å². The van der Waals surface area contributed by atoms with Crippen molar-refractivity contribution >= 4 is 40.8 Å². The zero-order valence-electron chi connectivity index (χ0n) is 13.7. The monoisotopic (exact) mass is 377 g/mol. The van der Waals surface area contributed by atoms with E-state index in [4.69, 9.17) is 0 Å². The Hall–Kier alpha value is -2.32. The molecule has 0 fully saturated rings. The topological polar surface area (TPSA) is 87.3 Å². The van der Waals surface area contributed by atoms with Gasteiger partial charge in [-0.05, 0) is 42.0 Å². The van der Waals surface area contributed by atoms with E-state index >= 15 is 0 Å². The van der Waals surface area contributed by atoms with Crippen molar-refractivity contribution in [3.05, 3.63) is 58.3 Å². The first-order valence-corrected chi connectivity index (χ1v) is 9.87. The SMILES string of the molecule is CSCCC(NC(=O)c1ccccc1)C(=O)NNC(=O)c1cccs1. The lowest BCUT2D eigenvalue weighted by Gasteiger charge is -2.18. The van der Waals surface area contributed by atoms with E-state index in [-0.39, 0.29) is 11.8 Å². The molecule has 2 aromatic rings. The molecule has 6 nitrogen and oxygen atoms in total. The number of benzene rings is 1. The second-order valence-corrected chi connectivity index (χ2v) is 7.03. The second kappa shape index (κ2) is 9.85. The maximum absolute atomic E-state index is 12.3. The van der Waals surface area contributed by atoms with Gasteiger partial charge in [-0.1, -0.05) is 24.3 Å². The Morgan fingerprint density at radius 3 is 2.44 bits per heavy atom. The van der Waals surface area contributed by atoms with Crippen LogP contribution in [0.5, 0.6) is 0 Å². The van der Waals surface area contributed by atoms with Crippen LogP contribution in [-0.2, 0) is 4.79 Å². The zero-order chi connectivity index (χ0) is 18.1. The molecular weight excluding hydrogens is 358 g/mol. The van der Waals surface area contributed by atoms with Crippen LogP contribution in [0, 0.1) is 0 Å². The Morgan fingerprint density at radius 1 is 1.04 bits per heavy atom. The molecule has 1 atom stereocenters. The lowest BCUT2D eigenvalue weighted by molar-refractivity contribution is -0.123. The minimum absolute atomic E-state index is 0.327. The van der Waals surface area contributed by atoms with E-state index < -0.39 is 11.9 Å². The Labute approximate surface area is 154 Å². The molecule has 0 saturated heterocycles. The molecule has 8 heteroatoms. The van der Waals surface area contributed by atoms with Crippen molar-refractivity contribution in [2.24, 2.45) is 0 Å². The number of hydrogen-bond donors (Lipinski definition) is 3. The van der Waals surface area contributed by atoms with Crippen molar-refractivity contribution in [3.63, 3.8) is 0 Å². The van der Waals surface area contributed by atoms with Gasteiger partial charge in [0, 0.05) is 5.56 Å². The summed E-state index contributed by atoms with van der Waals surface area (Å²) in [5.41, 5.74) is 5.23. The fourth-order valence-electron chi connectivity index (χ4n) is 2.01. The van der Waals surface area contributed by atoms with Crippen LogP contribution in [0.1, 0.15) is 26.5 Å². The van der Waals surface area contributed by atoms with Crippen LogP contribution in [-0.4, -0.2) is 35.8 Å². The third-order valence-electron chi connectivity index (χ3n) is 3.31. The minimum Gasteiger partial charge on any atom is -0.340 e. The standard InChI is InChI=1S/C17H19N3O3S2/c1-24-11-9-13(18-15(21)12-6-3-2-4-7-12)16(22)19-20-17(23)14-8-5-10-25-14/h2-8,10,13H,9,11H2,1H3,(H,18,21)(H,19,22)(H,20,23). The van der Waals surface area contributed by atoms with Crippen molar-refractivity contribution in [1.82, 2.24) is 16.2 Å². The number of nitrogens with one attached hydrogen (secondary N) is 3. The predicted molar refractivity (Wildman–Crippen MR) is 101 cm³/mol. The van der Waals surface area contributed by atoms with Crippen LogP contribution in [0.3, 0.4) is 0 Å². The Bertz CT molecular complexity index is 705. The summed E-state index contributed by atoms with van der Waals surface area (Å²) in [4.78, 5) is 37.0. The molecule has 1 aromatic carbocycles. The van der Waals surface area contributed by atoms with E-state index in [2.05, 4.69) is 16.2 Å². The molecule has 0 aliphatic carbocycles. The third kappa shape index (κ3) is 5.91. The van der Waals surface area contributed by atoms with Gasteiger partial charge in [0.25, 0.3) is 17.7 Å². The van der Waals surface area contributed by atoms with Crippen molar-refractivity contribution in [3.8, 4) is 0 Å². The highest BCUT2D eigenvalue weighted by molar-refractivity contribution is 7.98. The lowest BCUT2D eigenvalue weighted by Crippen LogP contribution is -2.52. The Balaban J connectivity index is 1.94. The van der Waals surface area contributed by atoms with Gasteiger partial charge in [0.1, 0.15) is 6.04 Å². The van der Waals surface area contributed by atoms with Gasteiger partial charge < -0.3 is 5.32 Å². The molecule has 2 rings (SSSR count). The first-order chi connectivity index (χ1) is 12.1. The molecule has 1 unspecified atom stereocenters. The highest BCUT2D eigenvalue weighted by Gasteiger charge is 2.21. The maximum atomic E-state index is 12.3. The third-order valence-corrected chi connectivity index (χ3v) is 4.83. The molecule has 25 heavy (non-hydrogen) atoms. The molecule has 0 radical (unpaired) electrons. The average molecular weight is 377 g/mol. The van der Waals surface area contributed by atoms with Crippen molar-refractivity contribution < 1.29 is 14.4 Å². The first-order valence-electron chi connectivity index (χ1n) is 7.60.